The number of carbonyl (C=O) groups excluding carboxylic acids is 1. The molecule has 10 heteroatoms. The second kappa shape index (κ2) is 13.1. The van der Waals surface area contributed by atoms with Crippen LogP contribution in [-0.4, -0.2) is 48.2 Å². The van der Waals surface area contributed by atoms with E-state index in [2.05, 4.69) is 20.9 Å². The molecule has 3 rings (SSSR count). The number of hydrogen-bond acceptors (Lipinski definition) is 4. The van der Waals surface area contributed by atoms with Crippen LogP contribution in [0.4, 0.5) is 10.5 Å². The Morgan fingerprint density at radius 1 is 1.26 bits per heavy atom. The molecule has 0 saturated carbocycles. The summed E-state index contributed by atoms with van der Waals surface area (Å²) in [5.74, 6) is 0.616. The van der Waals surface area contributed by atoms with Crippen LogP contribution in [0.25, 0.3) is 0 Å². The van der Waals surface area contributed by atoms with Crippen molar-refractivity contribution in [1.82, 2.24) is 15.5 Å². The Balaban J connectivity index is 0.00000341. The van der Waals surface area contributed by atoms with Crippen LogP contribution in [0, 0.1) is 0 Å². The number of aliphatic hydroxyl groups excluding tert-OH is 1. The maximum Gasteiger partial charge on any atom is 0.321 e. The summed E-state index contributed by atoms with van der Waals surface area (Å²) < 4.78 is 0.654. The molecular formula is C21H29ClIN5O2S. The summed E-state index contributed by atoms with van der Waals surface area (Å²) in [6.45, 7) is 5.10. The summed E-state index contributed by atoms with van der Waals surface area (Å²) in [4.78, 5) is 19.5. The van der Waals surface area contributed by atoms with Gasteiger partial charge >= 0.3 is 6.03 Å². The van der Waals surface area contributed by atoms with Gasteiger partial charge in [0.2, 0.25) is 0 Å². The van der Waals surface area contributed by atoms with Crippen molar-refractivity contribution in [2.45, 2.75) is 32.4 Å². The van der Waals surface area contributed by atoms with Crippen LogP contribution in [0.5, 0.6) is 0 Å². The first-order valence-electron chi connectivity index (χ1n) is 10.2. The summed E-state index contributed by atoms with van der Waals surface area (Å²) >= 11 is 7.30. The largest absolute Gasteiger partial charge is 0.386 e. The number of amides is 2. The van der Waals surface area contributed by atoms with Crippen molar-refractivity contribution in [1.29, 1.82) is 0 Å². The maximum absolute atomic E-state index is 12.3. The third-order valence-corrected chi connectivity index (χ3v) is 6.05. The highest BCUT2D eigenvalue weighted by Gasteiger charge is 2.17. The molecular weight excluding hydrogens is 549 g/mol. The average Bonchev–Trinajstić information content (AvgIpc) is 3.42. The number of rotatable bonds is 7. The Hall–Kier alpha value is -1.56. The number of urea groups is 1. The van der Waals surface area contributed by atoms with Gasteiger partial charge in [-0.3, -0.25) is 0 Å². The van der Waals surface area contributed by atoms with Gasteiger partial charge < -0.3 is 26.0 Å². The standard InChI is InChI=1S/C21H28ClN5O2S.HI/c1-2-23-20(25-14-17(28)18-8-9-19(22)30-18)24-13-15-6-5-7-16(12-15)26-21(29)27-10-3-4-11-27;/h5-9,12,17,28H,2-4,10-11,13-14H2,1H3,(H,26,29)(H2,23,24,25);1H. The molecule has 1 atom stereocenters. The van der Waals surface area contributed by atoms with Crippen molar-refractivity contribution >= 4 is 64.6 Å². The normalized spacial score (nSPS) is 14.7. The van der Waals surface area contributed by atoms with E-state index >= 15 is 0 Å². The lowest BCUT2D eigenvalue weighted by molar-refractivity contribution is 0.184. The Labute approximate surface area is 209 Å². The predicted octanol–water partition coefficient (Wildman–Crippen LogP) is 4.44. The van der Waals surface area contributed by atoms with Crippen molar-refractivity contribution in [2.75, 3.05) is 31.5 Å². The molecule has 0 aliphatic carbocycles. The number of hydrogen-bond donors (Lipinski definition) is 4. The van der Waals surface area contributed by atoms with Crippen LogP contribution in [0.2, 0.25) is 4.34 Å². The number of nitrogens with one attached hydrogen (secondary N) is 3. The Morgan fingerprint density at radius 3 is 2.71 bits per heavy atom. The fourth-order valence-electron chi connectivity index (χ4n) is 3.18. The molecule has 2 aromatic rings. The Morgan fingerprint density at radius 2 is 2.03 bits per heavy atom. The summed E-state index contributed by atoms with van der Waals surface area (Å²) in [5, 5.41) is 19.6. The number of halogens is 2. The molecule has 7 nitrogen and oxygen atoms in total. The van der Waals surface area contributed by atoms with Gasteiger partial charge in [-0.1, -0.05) is 23.7 Å². The van der Waals surface area contributed by atoms with Crippen LogP contribution < -0.4 is 16.0 Å². The smallest absolute Gasteiger partial charge is 0.321 e. The average molecular weight is 578 g/mol. The fraction of sp³-hybridized carbons (Fsp3) is 0.429. The first kappa shape index (κ1) is 25.7. The molecule has 4 N–H and O–H groups in total. The summed E-state index contributed by atoms with van der Waals surface area (Å²) in [6.07, 6.45) is 1.48. The lowest BCUT2D eigenvalue weighted by atomic mass is 10.2. The molecule has 170 valence electrons. The van der Waals surface area contributed by atoms with Gasteiger partial charge in [0.05, 0.1) is 10.9 Å². The molecule has 0 spiro atoms. The molecule has 31 heavy (non-hydrogen) atoms. The molecule has 1 aliphatic rings. The molecule has 1 aromatic carbocycles. The highest BCUT2D eigenvalue weighted by Crippen LogP contribution is 2.26. The highest BCUT2D eigenvalue weighted by molar-refractivity contribution is 14.0. The number of anilines is 1. The predicted molar refractivity (Wildman–Crippen MR) is 139 cm³/mol. The number of likely N-dealkylation sites (tertiary alicyclic amines) is 1. The van der Waals surface area contributed by atoms with Gasteiger partial charge in [-0.25, -0.2) is 9.79 Å². The van der Waals surface area contributed by atoms with Gasteiger partial charge in [-0.05, 0) is 49.6 Å². The van der Waals surface area contributed by atoms with E-state index in [1.165, 1.54) is 11.3 Å². The number of benzene rings is 1. The molecule has 1 aliphatic heterocycles. The SMILES string of the molecule is CCNC(=NCc1cccc(NC(=O)N2CCCC2)c1)NCC(O)c1ccc(Cl)s1.I. The van der Waals surface area contributed by atoms with E-state index in [-0.39, 0.29) is 30.0 Å². The van der Waals surface area contributed by atoms with Crippen LogP contribution >= 0.6 is 46.9 Å². The molecule has 2 amide bonds. The lowest BCUT2D eigenvalue weighted by Gasteiger charge is -2.16. The zero-order valence-corrected chi connectivity index (χ0v) is 21.3. The monoisotopic (exact) mass is 577 g/mol. The molecule has 1 saturated heterocycles. The number of carbonyl (C=O) groups is 1. The summed E-state index contributed by atoms with van der Waals surface area (Å²) in [5.41, 5.74) is 1.75. The molecule has 1 fully saturated rings. The van der Waals surface area contributed by atoms with Gasteiger partial charge in [0.1, 0.15) is 6.10 Å². The Kier molecular flexibility index (Phi) is 10.9. The second-order valence-electron chi connectivity index (χ2n) is 7.06. The minimum atomic E-state index is -0.657. The number of nitrogens with zero attached hydrogens (tertiary/aromatic N) is 2. The van der Waals surface area contributed by atoms with E-state index in [4.69, 9.17) is 11.6 Å². The zero-order chi connectivity index (χ0) is 21.3. The quantitative estimate of drug-likeness (QED) is 0.223. The molecule has 0 bridgehead atoms. The minimum Gasteiger partial charge on any atom is -0.386 e. The van der Waals surface area contributed by atoms with E-state index in [9.17, 15) is 9.90 Å². The van der Waals surface area contributed by atoms with Gasteiger partial charge in [0.15, 0.2) is 5.96 Å². The number of aliphatic hydroxyl groups is 1. The first-order valence-corrected chi connectivity index (χ1v) is 11.3. The molecule has 0 radical (unpaired) electrons. The third-order valence-electron chi connectivity index (χ3n) is 4.72. The number of thiophene rings is 1. The van der Waals surface area contributed by atoms with Crippen molar-refractivity contribution in [3.63, 3.8) is 0 Å². The van der Waals surface area contributed by atoms with E-state index in [0.29, 0.717) is 29.9 Å². The van der Waals surface area contributed by atoms with E-state index in [1.807, 2.05) is 42.2 Å². The van der Waals surface area contributed by atoms with Gasteiger partial charge in [-0.15, -0.1) is 35.3 Å². The Bertz CT molecular complexity index is 873. The minimum absolute atomic E-state index is 0. The van der Waals surface area contributed by atoms with Gasteiger partial charge in [-0.2, -0.15) is 0 Å². The molecule has 1 unspecified atom stereocenters. The van der Waals surface area contributed by atoms with E-state index in [1.54, 1.807) is 6.07 Å². The van der Waals surface area contributed by atoms with Crippen LogP contribution in [-0.2, 0) is 6.54 Å². The van der Waals surface area contributed by atoms with Crippen molar-refractivity contribution in [3.8, 4) is 0 Å². The second-order valence-corrected chi connectivity index (χ2v) is 8.81. The van der Waals surface area contributed by atoms with E-state index in [0.717, 1.165) is 42.1 Å². The van der Waals surface area contributed by atoms with E-state index < -0.39 is 6.10 Å². The molecule has 2 heterocycles. The van der Waals surface area contributed by atoms with Crippen molar-refractivity contribution in [3.05, 3.63) is 51.2 Å². The zero-order valence-electron chi connectivity index (χ0n) is 17.4. The topological polar surface area (TPSA) is 89.0 Å². The van der Waals surface area contributed by atoms with Gasteiger partial charge in [0, 0.05) is 36.7 Å². The summed E-state index contributed by atoms with van der Waals surface area (Å²) in [7, 11) is 0. The summed E-state index contributed by atoms with van der Waals surface area (Å²) in [6, 6.07) is 11.3. The lowest BCUT2D eigenvalue weighted by Crippen LogP contribution is -2.39. The fourth-order valence-corrected chi connectivity index (χ4v) is 4.23. The van der Waals surface area contributed by atoms with Crippen LogP contribution in [0.1, 0.15) is 36.3 Å². The van der Waals surface area contributed by atoms with Crippen LogP contribution in [0.15, 0.2) is 41.4 Å². The molecule has 1 aromatic heterocycles. The highest BCUT2D eigenvalue weighted by atomic mass is 127. The number of guanidine groups is 1. The van der Waals surface area contributed by atoms with Crippen molar-refractivity contribution in [2.24, 2.45) is 4.99 Å². The number of aliphatic imine (C=N–C) groups is 1. The van der Waals surface area contributed by atoms with Gasteiger partial charge in [0.25, 0.3) is 0 Å². The third kappa shape index (κ3) is 8.13. The van der Waals surface area contributed by atoms with Crippen LogP contribution in [0.3, 0.4) is 0 Å². The van der Waals surface area contributed by atoms with Crippen molar-refractivity contribution < 1.29 is 9.90 Å². The maximum atomic E-state index is 12.3. The first-order chi connectivity index (χ1) is 14.5.